The summed E-state index contributed by atoms with van der Waals surface area (Å²) in [5.41, 5.74) is 1.25. The van der Waals surface area contributed by atoms with E-state index in [-0.39, 0.29) is 5.03 Å². The van der Waals surface area contributed by atoms with Crippen molar-refractivity contribution in [1.82, 2.24) is 24.7 Å². The summed E-state index contributed by atoms with van der Waals surface area (Å²) < 4.78 is 29.2. The van der Waals surface area contributed by atoms with Crippen LogP contribution in [-0.2, 0) is 16.6 Å². The Morgan fingerprint density at radius 2 is 1.96 bits per heavy atom. The number of imidazole rings is 1. The van der Waals surface area contributed by atoms with E-state index in [1.165, 1.54) is 12.5 Å². The second kappa shape index (κ2) is 6.67. The minimum atomic E-state index is -3.72. The first-order chi connectivity index (χ1) is 11.8. The van der Waals surface area contributed by atoms with E-state index in [1.54, 1.807) is 28.8 Å². The number of aromatic nitrogens is 5. The zero-order valence-electron chi connectivity index (χ0n) is 14.3. The van der Waals surface area contributed by atoms with Gasteiger partial charge >= 0.3 is 0 Å². The molecule has 0 aliphatic carbocycles. The fourth-order valence-electron chi connectivity index (χ4n) is 2.37. The monoisotopic (exact) mass is 360 g/mol. The summed E-state index contributed by atoms with van der Waals surface area (Å²) in [6, 6.07) is 6.86. The number of hydrogen-bond acceptors (Lipinski definition) is 5. The third-order valence-corrected chi connectivity index (χ3v) is 4.72. The van der Waals surface area contributed by atoms with E-state index in [2.05, 4.69) is 38.7 Å². The number of nitrogens with one attached hydrogen (secondary N) is 2. The van der Waals surface area contributed by atoms with Gasteiger partial charge in [0, 0.05) is 24.0 Å². The highest BCUT2D eigenvalue weighted by molar-refractivity contribution is 7.92. The van der Waals surface area contributed by atoms with Crippen LogP contribution in [0.15, 0.2) is 41.8 Å². The maximum absolute atomic E-state index is 12.4. The molecule has 0 saturated carbocycles. The van der Waals surface area contributed by atoms with Gasteiger partial charge in [-0.25, -0.2) is 9.97 Å². The third-order valence-electron chi connectivity index (χ3n) is 3.45. The van der Waals surface area contributed by atoms with E-state index < -0.39 is 10.0 Å². The highest BCUT2D eigenvalue weighted by Gasteiger charge is 2.18. The Morgan fingerprint density at radius 3 is 2.56 bits per heavy atom. The molecular formula is C16H20N6O2S. The van der Waals surface area contributed by atoms with Crippen molar-refractivity contribution < 1.29 is 8.42 Å². The van der Waals surface area contributed by atoms with Gasteiger partial charge in [0.05, 0.1) is 6.33 Å². The molecular weight excluding hydrogens is 340 g/mol. The predicted molar refractivity (Wildman–Crippen MR) is 94.4 cm³/mol. The number of rotatable bonds is 6. The Hall–Kier alpha value is -2.68. The number of aromatic amines is 1. The van der Waals surface area contributed by atoms with Gasteiger partial charge in [0.15, 0.2) is 10.9 Å². The van der Waals surface area contributed by atoms with Crippen LogP contribution in [0.2, 0.25) is 0 Å². The molecule has 9 heteroatoms. The molecule has 0 amide bonds. The van der Waals surface area contributed by atoms with Gasteiger partial charge in [-0.2, -0.15) is 13.5 Å². The molecule has 0 aliphatic heterocycles. The van der Waals surface area contributed by atoms with Crippen molar-refractivity contribution >= 4 is 15.7 Å². The smallest absolute Gasteiger partial charge is 0.280 e. The van der Waals surface area contributed by atoms with E-state index >= 15 is 0 Å². The van der Waals surface area contributed by atoms with Crippen molar-refractivity contribution in [2.45, 2.75) is 32.3 Å². The summed E-state index contributed by atoms with van der Waals surface area (Å²) in [5.74, 6) is 1.70. The lowest BCUT2D eigenvalue weighted by atomic mass is 10.2. The molecule has 132 valence electrons. The van der Waals surface area contributed by atoms with E-state index in [9.17, 15) is 8.42 Å². The Labute approximate surface area is 146 Å². The molecule has 2 N–H and O–H groups in total. The molecule has 0 fully saturated rings. The van der Waals surface area contributed by atoms with Crippen molar-refractivity contribution in [2.75, 3.05) is 4.72 Å². The molecule has 3 rings (SSSR count). The van der Waals surface area contributed by atoms with Crippen LogP contribution in [0.4, 0.5) is 5.69 Å². The van der Waals surface area contributed by atoms with Crippen molar-refractivity contribution in [3.8, 4) is 11.4 Å². The van der Waals surface area contributed by atoms with Crippen LogP contribution >= 0.6 is 0 Å². The van der Waals surface area contributed by atoms with Gasteiger partial charge in [-0.15, -0.1) is 0 Å². The first kappa shape index (κ1) is 17.2. The molecule has 0 saturated heterocycles. The fraction of sp³-hybridized carbons (Fsp3) is 0.312. The molecule has 2 heterocycles. The van der Waals surface area contributed by atoms with E-state index in [0.29, 0.717) is 24.0 Å². The van der Waals surface area contributed by atoms with Gasteiger partial charge in [-0.3, -0.25) is 9.82 Å². The van der Waals surface area contributed by atoms with Crippen LogP contribution < -0.4 is 4.72 Å². The second-order valence-electron chi connectivity index (χ2n) is 6.23. The molecule has 0 unspecified atom stereocenters. The largest absolute Gasteiger partial charge is 0.336 e. The minimum Gasteiger partial charge on any atom is -0.336 e. The van der Waals surface area contributed by atoms with Crippen molar-refractivity contribution in [2.24, 2.45) is 5.92 Å². The maximum Gasteiger partial charge on any atom is 0.280 e. The standard InChI is InChI=1S/C16H20N6O2S/c1-11(2)8-22-9-15(17-10-22)25(23,24)21-14-6-4-13(5-7-14)16-18-12(3)19-20-16/h4-7,9-11,21H,8H2,1-3H3,(H,18,19,20). The van der Waals surface area contributed by atoms with Crippen LogP contribution in [-0.4, -0.2) is 33.2 Å². The Bertz CT molecular complexity index is 957. The summed E-state index contributed by atoms with van der Waals surface area (Å²) in [5, 5.41) is 6.85. The van der Waals surface area contributed by atoms with Gasteiger partial charge in [0.1, 0.15) is 5.82 Å². The van der Waals surface area contributed by atoms with E-state index in [4.69, 9.17) is 0 Å². The highest BCUT2D eigenvalue weighted by atomic mass is 32.2. The van der Waals surface area contributed by atoms with E-state index in [0.717, 1.165) is 11.4 Å². The normalized spacial score (nSPS) is 11.8. The molecule has 0 spiro atoms. The summed E-state index contributed by atoms with van der Waals surface area (Å²) in [4.78, 5) is 8.23. The topological polar surface area (TPSA) is 106 Å². The van der Waals surface area contributed by atoms with E-state index in [1.807, 2.05) is 6.92 Å². The predicted octanol–water partition coefficient (Wildman–Crippen LogP) is 2.43. The zero-order chi connectivity index (χ0) is 18.0. The highest BCUT2D eigenvalue weighted by Crippen LogP contribution is 2.20. The Kier molecular flexibility index (Phi) is 4.58. The van der Waals surface area contributed by atoms with Gasteiger partial charge in [0.2, 0.25) is 0 Å². The van der Waals surface area contributed by atoms with Crippen LogP contribution in [0, 0.1) is 12.8 Å². The zero-order valence-corrected chi connectivity index (χ0v) is 15.1. The quantitative estimate of drug-likeness (QED) is 0.702. The molecule has 0 atom stereocenters. The lowest BCUT2D eigenvalue weighted by Crippen LogP contribution is -2.13. The van der Waals surface area contributed by atoms with Crippen LogP contribution in [0.25, 0.3) is 11.4 Å². The van der Waals surface area contributed by atoms with Crippen LogP contribution in [0.3, 0.4) is 0 Å². The van der Waals surface area contributed by atoms with Gasteiger partial charge in [0.25, 0.3) is 10.0 Å². The summed E-state index contributed by atoms with van der Waals surface area (Å²) in [7, 11) is -3.72. The van der Waals surface area contributed by atoms with Crippen molar-refractivity contribution in [3.05, 3.63) is 42.6 Å². The average molecular weight is 360 g/mol. The third kappa shape index (κ3) is 4.05. The molecule has 0 bridgehead atoms. The summed E-state index contributed by atoms with van der Waals surface area (Å²) >= 11 is 0. The number of anilines is 1. The first-order valence-corrected chi connectivity index (χ1v) is 9.36. The van der Waals surface area contributed by atoms with Gasteiger partial charge in [-0.1, -0.05) is 13.8 Å². The lowest BCUT2D eigenvalue weighted by Gasteiger charge is -2.07. The fourth-order valence-corrected chi connectivity index (χ4v) is 3.38. The molecule has 0 aliphatic rings. The Balaban J connectivity index is 1.75. The molecule has 25 heavy (non-hydrogen) atoms. The molecule has 1 aromatic carbocycles. The van der Waals surface area contributed by atoms with Crippen LogP contribution in [0.1, 0.15) is 19.7 Å². The molecule has 8 nitrogen and oxygen atoms in total. The van der Waals surface area contributed by atoms with Crippen LogP contribution in [0.5, 0.6) is 0 Å². The number of sulfonamides is 1. The SMILES string of the molecule is Cc1nc(-c2ccc(NS(=O)(=O)c3cn(CC(C)C)cn3)cc2)n[nH]1. The van der Waals surface area contributed by atoms with Gasteiger partial charge in [-0.05, 0) is 37.1 Å². The number of benzene rings is 1. The lowest BCUT2D eigenvalue weighted by molar-refractivity contribution is 0.522. The van der Waals surface area contributed by atoms with Gasteiger partial charge < -0.3 is 4.57 Å². The minimum absolute atomic E-state index is 0.00168. The second-order valence-corrected chi connectivity index (χ2v) is 7.86. The van der Waals surface area contributed by atoms with Crippen molar-refractivity contribution in [3.63, 3.8) is 0 Å². The Morgan fingerprint density at radius 1 is 1.24 bits per heavy atom. The molecule has 3 aromatic rings. The molecule has 2 aromatic heterocycles. The summed E-state index contributed by atoms with van der Waals surface area (Å²) in [6.45, 7) is 6.65. The number of hydrogen-bond donors (Lipinski definition) is 2. The van der Waals surface area contributed by atoms with Crippen molar-refractivity contribution in [1.29, 1.82) is 0 Å². The number of aryl methyl sites for hydroxylation is 1. The number of nitrogens with zero attached hydrogens (tertiary/aromatic N) is 4. The average Bonchev–Trinajstić information content (AvgIpc) is 3.17. The first-order valence-electron chi connectivity index (χ1n) is 7.87. The molecule has 0 radical (unpaired) electrons. The maximum atomic E-state index is 12.4. The summed E-state index contributed by atoms with van der Waals surface area (Å²) in [6.07, 6.45) is 3.07. The number of H-pyrrole nitrogens is 1.